The maximum absolute atomic E-state index is 10.6. The summed E-state index contributed by atoms with van der Waals surface area (Å²) in [5.41, 5.74) is 10.2. The van der Waals surface area contributed by atoms with E-state index >= 15 is 0 Å². The summed E-state index contributed by atoms with van der Waals surface area (Å²) >= 11 is 1.57. The van der Waals surface area contributed by atoms with Crippen LogP contribution in [-0.4, -0.2) is 10.1 Å². The highest BCUT2D eigenvalue weighted by atomic mass is 32.1. The minimum absolute atomic E-state index is 0.209. The average Bonchev–Trinajstić information content (AvgIpc) is 3.66. The molecular weight excluding hydrogens is 548 g/mol. The minimum Gasteiger partial charge on any atom is -0.507 e. The molecule has 0 spiro atoms. The fourth-order valence-electron chi connectivity index (χ4n) is 5.72. The van der Waals surface area contributed by atoms with E-state index in [0.717, 1.165) is 70.5 Å². The van der Waals surface area contributed by atoms with Gasteiger partial charge in [0.15, 0.2) is 0 Å². The number of aromatic nitrogens is 1. The van der Waals surface area contributed by atoms with E-state index in [2.05, 4.69) is 66.7 Å². The molecule has 0 fully saturated rings. The maximum atomic E-state index is 10.6. The second-order valence-electron chi connectivity index (χ2n) is 10.5. The number of nitrogens with zero attached hydrogens (tertiary/aromatic N) is 2. The molecule has 0 bridgehead atoms. The molecule has 6 aromatic carbocycles. The van der Waals surface area contributed by atoms with Crippen LogP contribution in [0.25, 0.3) is 76.1 Å². The molecule has 0 aliphatic rings. The Balaban J connectivity index is 1.33. The number of para-hydroxylation sites is 3. The number of furan rings is 1. The van der Waals surface area contributed by atoms with Crippen molar-refractivity contribution in [3.8, 4) is 55.8 Å². The Bertz CT molecular complexity index is 2360. The van der Waals surface area contributed by atoms with E-state index in [1.807, 2.05) is 60.7 Å². The number of thiazole rings is 1. The molecular formula is C38H22N2O2S. The molecule has 2 aromatic heterocycles. The molecule has 0 saturated heterocycles. The quantitative estimate of drug-likeness (QED) is 0.228. The molecule has 202 valence electrons. The smallest absolute Gasteiger partial charge is 0.143 e. The lowest BCUT2D eigenvalue weighted by Gasteiger charge is -2.10. The van der Waals surface area contributed by atoms with Crippen molar-refractivity contribution < 1.29 is 9.52 Å². The van der Waals surface area contributed by atoms with E-state index in [1.54, 1.807) is 17.4 Å². The minimum atomic E-state index is 0.209. The molecule has 8 aromatic rings. The monoisotopic (exact) mass is 570 g/mol. The first-order valence-corrected chi connectivity index (χ1v) is 14.7. The Hall–Kier alpha value is -5.70. The topological polar surface area (TPSA) is 70.0 Å². The molecule has 5 heteroatoms. The molecule has 0 aliphatic carbocycles. The molecule has 0 aliphatic heterocycles. The summed E-state index contributed by atoms with van der Waals surface area (Å²) in [5, 5.41) is 22.7. The van der Waals surface area contributed by atoms with Gasteiger partial charge in [0.1, 0.15) is 21.9 Å². The van der Waals surface area contributed by atoms with Crippen molar-refractivity contribution in [2.24, 2.45) is 0 Å². The Morgan fingerprint density at radius 3 is 2.05 bits per heavy atom. The van der Waals surface area contributed by atoms with Gasteiger partial charge in [-0.3, -0.25) is 0 Å². The van der Waals surface area contributed by atoms with Crippen molar-refractivity contribution in [2.45, 2.75) is 0 Å². The zero-order valence-electron chi connectivity index (χ0n) is 22.8. The van der Waals surface area contributed by atoms with Gasteiger partial charge in [-0.1, -0.05) is 84.9 Å². The number of phenols is 1. The highest BCUT2D eigenvalue weighted by Gasteiger charge is 2.19. The second-order valence-corrected chi connectivity index (χ2v) is 11.5. The van der Waals surface area contributed by atoms with Gasteiger partial charge < -0.3 is 9.52 Å². The number of aromatic hydroxyl groups is 1. The van der Waals surface area contributed by atoms with Gasteiger partial charge in [0.25, 0.3) is 0 Å². The Morgan fingerprint density at radius 1 is 0.628 bits per heavy atom. The first kappa shape index (κ1) is 25.0. The number of hydrogen-bond acceptors (Lipinski definition) is 5. The van der Waals surface area contributed by atoms with Gasteiger partial charge in [-0.25, -0.2) is 4.98 Å². The van der Waals surface area contributed by atoms with Crippen LogP contribution in [0.3, 0.4) is 0 Å². The molecule has 0 saturated carbocycles. The highest BCUT2D eigenvalue weighted by molar-refractivity contribution is 7.21. The van der Waals surface area contributed by atoms with Crippen LogP contribution in [0.15, 0.2) is 132 Å². The van der Waals surface area contributed by atoms with Crippen LogP contribution in [0.1, 0.15) is 5.56 Å². The van der Waals surface area contributed by atoms with Gasteiger partial charge in [-0.05, 0) is 64.7 Å². The van der Waals surface area contributed by atoms with Crippen LogP contribution in [0, 0.1) is 11.3 Å². The standard InChI is InChI=1S/C38H22N2O2S/c39-22-23-12-14-24(15-13-23)25-16-18-26(19-17-25)27-20-32(30-9-5-8-29-28-6-2-4-11-34(28)42-37(29)30)36-35(21-27)43-38(40-36)31-7-1-3-10-33(31)41/h1-21,41H. The molecule has 2 heterocycles. The van der Waals surface area contributed by atoms with Crippen LogP contribution < -0.4 is 0 Å². The van der Waals surface area contributed by atoms with E-state index in [-0.39, 0.29) is 5.75 Å². The second kappa shape index (κ2) is 9.99. The summed E-state index contributed by atoms with van der Waals surface area (Å²) in [6.45, 7) is 0. The van der Waals surface area contributed by atoms with E-state index in [0.29, 0.717) is 11.1 Å². The van der Waals surface area contributed by atoms with Crippen LogP contribution in [-0.2, 0) is 0 Å². The predicted octanol–water partition coefficient (Wildman–Crippen LogP) is 10.4. The molecule has 0 unspecified atom stereocenters. The van der Waals surface area contributed by atoms with E-state index in [1.165, 1.54) is 0 Å². The maximum Gasteiger partial charge on any atom is 0.143 e. The lowest BCUT2D eigenvalue weighted by atomic mass is 9.95. The number of hydrogen-bond donors (Lipinski definition) is 1. The first-order chi connectivity index (χ1) is 21.2. The van der Waals surface area contributed by atoms with Crippen LogP contribution >= 0.6 is 11.3 Å². The summed E-state index contributed by atoms with van der Waals surface area (Å²) in [7, 11) is 0. The van der Waals surface area contributed by atoms with Gasteiger partial charge in [0.05, 0.1) is 27.4 Å². The predicted molar refractivity (Wildman–Crippen MR) is 175 cm³/mol. The molecule has 0 radical (unpaired) electrons. The zero-order chi connectivity index (χ0) is 28.9. The normalized spacial score (nSPS) is 11.3. The van der Waals surface area contributed by atoms with Gasteiger partial charge in [-0.15, -0.1) is 11.3 Å². The van der Waals surface area contributed by atoms with Crippen molar-refractivity contribution in [3.05, 3.63) is 133 Å². The summed E-state index contributed by atoms with van der Waals surface area (Å²) in [4.78, 5) is 5.08. The first-order valence-electron chi connectivity index (χ1n) is 13.9. The number of benzene rings is 6. The van der Waals surface area contributed by atoms with Crippen LogP contribution in [0.5, 0.6) is 5.75 Å². The SMILES string of the molecule is N#Cc1ccc(-c2ccc(-c3cc(-c4cccc5c4oc4ccccc45)c4nc(-c5ccccc5O)sc4c3)cc2)cc1. The third-order valence-corrected chi connectivity index (χ3v) is 8.93. The number of fused-ring (bicyclic) bond motifs is 4. The largest absolute Gasteiger partial charge is 0.507 e. The third kappa shape index (κ3) is 4.25. The van der Waals surface area contributed by atoms with Crippen molar-refractivity contribution >= 4 is 43.5 Å². The van der Waals surface area contributed by atoms with Crippen molar-refractivity contribution in [3.63, 3.8) is 0 Å². The van der Waals surface area contributed by atoms with Gasteiger partial charge in [-0.2, -0.15) is 5.26 Å². The molecule has 8 rings (SSSR count). The summed E-state index contributed by atoms with van der Waals surface area (Å²) in [5.74, 6) is 0.209. The number of nitriles is 1. The molecule has 1 N–H and O–H groups in total. The van der Waals surface area contributed by atoms with Gasteiger partial charge in [0, 0.05) is 21.9 Å². The lowest BCUT2D eigenvalue weighted by molar-refractivity contribution is 0.477. The Kier molecular flexibility index (Phi) is 5.82. The molecule has 0 atom stereocenters. The fraction of sp³-hybridized carbons (Fsp3) is 0. The van der Waals surface area contributed by atoms with E-state index in [9.17, 15) is 5.11 Å². The zero-order valence-corrected chi connectivity index (χ0v) is 23.6. The van der Waals surface area contributed by atoms with Crippen molar-refractivity contribution in [1.82, 2.24) is 4.98 Å². The van der Waals surface area contributed by atoms with Gasteiger partial charge in [0.2, 0.25) is 0 Å². The summed E-state index contributed by atoms with van der Waals surface area (Å²) in [6, 6.07) is 44.4. The summed E-state index contributed by atoms with van der Waals surface area (Å²) in [6.07, 6.45) is 0. The Morgan fingerprint density at radius 2 is 1.28 bits per heavy atom. The van der Waals surface area contributed by atoms with Crippen molar-refractivity contribution in [1.29, 1.82) is 5.26 Å². The number of rotatable bonds is 4. The van der Waals surface area contributed by atoms with Gasteiger partial charge >= 0.3 is 0 Å². The van der Waals surface area contributed by atoms with Crippen LogP contribution in [0.2, 0.25) is 0 Å². The third-order valence-electron chi connectivity index (χ3n) is 7.89. The highest BCUT2D eigenvalue weighted by Crippen LogP contribution is 2.44. The lowest BCUT2D eigenvalue weighted by Crippen LogP contribution is -1.86. The Labute approximate surface area is 251 Å². The van der Waals surface area contributed by atoms with Crippen molar-refractivity contribution in [2.75, 3.05) is 0 Å². The van der Waals surface area contributed by atoms with E-state index < -0.39 is 0 Å². The molecule has 0 amide bonds. The molecule has 4 nitrogen and oxygen atoms in total. The van der Waals surface area contributed by atoms with E-state index in [4.69, 9.17) is 14.7 Å². The average molecular weight is 571 g/mol. The summed E-state index contributed by atoms with van der Waals surface area (Å²) < 4.78 is 7.46. The molecule has 43 heavy (non-hydrogen) atoms. The van der Waals surface area contributed by atoms with Crippen LogP contribution in [0.4, 0.5) is 0 Å². The fourth-order valence-corrected chi connectivity index (χ4v) is 6.79. The number of phenolic OH excluding ortho intramolecular Hbond substituents is 1.